The summed E-state index contributed by atoms with van der Waals surface area (Å²) in [5.74, 6) is 0.572. The molecule has 8 heteroatoms. The molecule has 0 spiro atoms. The summed E-state index contributed by atoms with van der Waals surface area (Å²) < 4.78 is 1.80. The Balaban J connectivity index is 1.68. The van der Waals surface area contributed by atoms with Crippen LogP contribution in [0.1, 0.15) is 35.9 Å². The van der Waals surface area contributed by atoms with Crippen LogP contribution in [-0.2, 0) is 6.54 Å². The van der Waals surface area contributed by atoms with Crippen LogP contribution in [0.25, 0.3) is 0 Å². The summed E-state index contributed by atoms with van der Waals surface area (Å²) in [7, 11) is 1.71. The number of hydrogen-bond donors (Lipinski definition) is 1. The third-order valence-electron chi connectivity index (χ3n) is 4.81. The molecule has 1 fully saturated rings. The SMILES string of the molecule is CCn1nc(C(=O)N(C)C[C@@]2(O)CCCN(c3cnccn3)C2)cc1C. The van der Waals surface area contributed by atoms with Crippen molar-refractivity contribution in [1.82, 2.24) is 24.6 Å². The van der Waals surface area contributed by atoms with Gasteiger partial charge in [-0.25, -0.2) is 4.98 Å². The van der Waals surface area contributed by atoms with Crippen molar-refractivity contribution in [3.8, 4) is 0 Å². The number of rotatable bonds is 5. The van der Waals surface area contributed by atoms with Crippen LogP contribution in [0, 0.1) is 6.92 Å². The lowest BCUT2D eigenvalue weighted by atomic mass is 9.92. The Hall–Kier alpha value is -2.48. The average Bonchev–Trinajstić information content (AvgIpc) is 3.02. The van der Waals surface area contributed by atoms with E-state index in [9.17, 15) is 9.90 Å². The van der Waals surface area contributed by atoms with Crippen LogP contribution in [0.2, 0.25) is 0 Å². The summed E-state index contributed by atoms with van der Waals surface area (Å²) >= 11 is 0. The smallest absolute Gasteiger partial charge is 0.274 e. The zero-order chi connectivity index (χ0) is 18.7. The van der Waals surface area contributed by atoms with Crippen molar-refractivity contribution in [2.24, 2.45) is 0 Å². The van der Waals surface area contributed by atoms with E-state index >= 15 is 0 Å². The summed E-state index contributed by atoms with van der Waals surface area (Å²) in [4.78, 5) is 24.7. The quantitative estimate of drug-likeness (QED) is 0.861. The molecule has 0 aliphatic carbocycles. The molecule has 0 unspecified atom stereocenters. The standard InChI is InChI=1S/C18H26N6O2/c1-4-24-14(2)10-15(21-24)17(25)22(3)12-18(26)6-5-9-23(13-18)16-11-19-7-8-20-16/h7-8,10-11,26H,4-6,9,12-13H2,1-3H3/t18-/m0/s1. The number of anilines is 1. The highest BCUT2D eigenvalue weighted by molar-refractivity contribution is 5.92. The topological polar surface area (TPSA) is 87.4 Å². The molecule has 0 radical (unpaired) electrons. The van der Waals surface area contributed by atoms with Crippen molar-refractivity contribution >= 4 is 11.7 Å². The first kappa shape index (κ1) is 18.3. The summed E-state index contributed by atoms with van der Waals surface area (Å²) in [5.41, 5.74) is 0.384. The van der Waals surface area contributed by atoms with Gasteiger partial charge >= 0.3 is 0 Å². The molecular weight excluding hydrogens is 332 g/mol. The molecule has 0 aromatic carbocycles. The average molecular weight is 358 g/mol. The molecule has 2 aromatic rings. The fourth-order valence-corrected chi connectivity index (χ4v) is 3.54. The maximum Gasteiger partial charge on any atom is 0.274 e. The van der Waals surface area contributed by atoms with E-state index in [1.807, 2.05) is 18.7 Å². The molecule has 1 aliphatic rings. The van der Waals surface area contributed by atoms with E-state index in [-0.39, 0.29) is 12.5 Å². The van der Waals surface area contributed by atoms with E-state index in [0.29, 0.717) is 18.7 Å². The van der Waals surface area contributed by atoms with Gasteiger partial charge in [0, 0.05) is 44.8 Å². The molecule has 1 saturated heterocycles. The van der Waals surface area contributed by atoms with Crippen molar-refractivity contribution in [1.29, 1.82) is 0 Å². The van der Waals surface area contributed by atoms with Crippen molar-refractivity contribution in [3.05, 3.63) is 36.0 Å². The monoisotopic (exact) mass is 358 g/mol. The van der Waals surface area contributed by atoms with Gasteiger partial charge in [0.1, 0.15) is 5.82 Å². The van der Waals surface area contributed by atoms with E-state index in [1.54, 1.807) is 41.3 Å². The molecule has 1 atom stereocenters. The van der Waals surface area contributed by atoms with Crippen LogP contribution in [-0.4, -0.2) is 67.9 Å². The lowest BCUT2D eigenvalue weighted by molar-refractivity contribution is -0.000308. The molecule has 1 N–H and O–H groups in total. The van der Waals surface area contributed by atoms with E-state index in [0.717, 1.165) is 31.0 Å². The Morgan fingerprint density at radius 1 is 1.42 bits per heavy atom. The van der Waals surface area contributed by atoms with Crippen molar-refractivity contribution in [2.45, 2.75) is 38.8 Å². The fourth-order valence-electron chi connectivity index (χ4n) is 3.54. The van der Waals surface area contributed by atoms with Gasteiger partial charge in [0.25, 0.3) is 5.91 Å². The molecule has 8 nitrogen and oxygen atoms in total. The molecule has 2 aromatic heterocycles. The number of hydrogen-bond acceptors (Lipinski definition) is 6. The maximum atomic E-state index is 12.7. The van der Waals surface area contributed by atoms with Crippen molar-refractivity contribution in [3.63, 3.8) is 0 Å². The molecule has 3 heterocycles. The minimum absolute atomic E-state index is 0.176. The van der Waals surface area contributed by atoms with E-state index in [1.165, 1.54) is 0 Å². The maximum absolute atomic E-state index is 12.7. The number of amides is 1. The predicted molar refractivity (Wildman–Crippen MR) is 98.0 cm³/mol. The lowest BCUT2D eigenvalue weighted by Crippen LogP contribution is -2.55. The number of piperidine rings is 1. The minimum Gasteiger partial charge on any atom is -0.386 e. The van der Waals surface area contributed by atoms with Crippen LogP contribution in [0.15, 0.2) is 24.7 Å². The molecule has 1 amide bonds. The number of carbonyl (C=O) groups is 1. The van der Waals surface area contributed by atoms with Gasteiger partial charge in [-0.3, -0.25) is 14.5 Å². The Morgan fingerprint density at radius 2 is 2.23 bits per heavy atom. The van der Waals surface area contributed by atoms with Gasteiger partial charge in [-0.05, 0) is 32.8 Å². The van der Waals surface area contributed by atoms with Gasteiger partial charge in [-0.15, -0.1) is 0 Å². The third kappa shape index (κ3) is 3.85. The van der Waals surface area contributed by atoms with E-state index < -0.39 is 5.60 Å². The predicted octanol–water partition coefficient (Wildman–Crippen LogP) is 1.10. The van der Waals surface area contributed by atoms with Crippen LogP contribution in [0.3, 0.4) is 0 Å². The zero-order valence-electron chi connectivity index (χ0n) is 15.6. The second-order valence-electron chi connectivity index (χ2n) is 6.96. The molecule has 0 bridgehead atoms. The molecule has 0 saturated carbocycles. The van der Waals surface area contributed by atoms with Crippen LogP contribution >= 0.6 is 0 Å². The first-order valence-corrected chi connectivity index (χ1v) is 8.95. The van der Waals surface area contributed by atoms with Gasteiger partial charge in [0.15, 0.2) is 5.69 Å². The van der Waals surface area contributed by atoms with Crippen LogP contribution in [0.5, 0.6) is 0 Å². The Kier molecular flexibility index (Phi) is 5.22. The third-order valence-corrected chi connectivity index (χ3v) is 4.81. The first-order chi connectivity index (χ1) is 12.4. The number of nitrogens with zero attached hydrogens (tertiary/aromatic N) is 6. The summed E-state index contributed by atoms with van der Waals surface area (Å²) in [6.45, 7) is 6.13. The lowest BCUT2D eigenvalue weighted by Gasteiger charge is -2.41. The summed E-state index contributed by atoms with van der Waals surface area (Å²) in [6.07, 6.45) is 6.44. The number of β-amino-alcohol motifs (C(OH)–C–C–N with tert-alkyl or cyclic N) is 1. The molecule has 1 aliphatic heterocycles. The number of likely N-dealkylation sites (N-methyl/N-ethyl adjacent to an activating group) is 1. The van der Waals surface area contributed by atoms with Gasteiger partial charge < -0.3 is 14.9 Å². The normalized spacial score (nSPS) is 20.2. The Labute approximate surface area is 153 Å². The van der Waals surface area contributed by atoms with Gasteiger partial charge in [-0.1, -0.05) is 0 Å². The second-order valence-corrected chi connectivity index (χ2v) is 6.96. The molecule has 140 valence electrons. The Morgan fingerprint density at radius 3 is 2.88 bits per heavy atom. The van der Waals surface area contributed by atoms with Crippen LogP contribution < -0.4 is 4.90 Å². The second kappa shape index (κ2) is 7.41. The van der Waals surface area contributed by atoms with E-state index in [2.05, 4.69) is 15.1 Å². The van der Waals surface area contributed by atoms with Gasteiger partial charge in [0.2, 0.25) is 0 Å². The van der Waals surface area contributed by atoms with Gasteiger partial charge in [0.05, 0.1) is 18.3 Å². The number of aryl methyl sites for hydroxylation is 2. The van der Waals surface area contributed by atoms with E-state index in [4.69, 9.17) is 0 Å². The Bertz CT molecular complexity index is 762. The summed E-state index contributed by atoms with van der Waals surface area (Å²) in [5, 5.41) is 15.4. The van der Waals surface area contributed by atoms with Gasteiger partial charge in [-0.2, -0.15) is 5.10 Å². The fraction of sp³-hybridized carbons (Fsp3) is 0.556. The van der Waals surface area contributed by atoms with Crippen molar-refractivity contribution in [2.75, 3.05) is 31.6 Å². The number of aromatic nitrogens is 4. The largest absolute Gasteiger partial charge is 0.386 e. The zero-order valence-corrected chi connectivity index (χ0v) is 15.6. The van der Waals surface area contributed by atoms with Crippen LogP contribution in [0.4, 0.5) is 5.82 Å². The highest BCUT2D eigenvalue weighted by atomic mass is 16.3. The molecular formula is C18H26N6O2. The number of aliphatic hydroxyl groups is 1. The highest BCUT2D eigenvalue weighted by Crippen LogP contribution is 2.25. The first-order valence-electron chi connectivity index (χ1n) is 8.95. The minimum atomic E-state index is -0.984. The number of carbonyl (C=O) groups excluding carboxylic acids is 1. The highest BCUT2D eigenvalue weighted by Gasteiger charge is 2.36. The summed E-state index contributed by atoms with van der Waals surface area (Å²) in [6, 6.07) is 1.79. The molecule has 26 heavy (non-hydrogen) atoms. The van der Waals surface area contributed by atoms with Crippen molar-refractivity contribution < 1.29 is 9.90 Å². The molecule has 3 rings (SSSR count).